The first-order valence-electron chi connectivity index (χ1n) is 11.7. The number of hydrogen-bond donors (Lipinski definition) is 0. The molecule has 36 heavy (non-hydrogen) atoms. The molecule has 0 unspecified atom stereocenters. The molecule has 0 radical (unpaired) electrons. The largest absolute Gasteiger partial charge is 0.294 e. The molecule has 0 spiro atoms. The number of para-hydroxylation sites is 2. The van der Waals surface area contributed by atoms with E-state index in [-0.39, 0.29) is 0 Å². The van der Waals surface area contributed by atoms with E-state index in [9.17, 15) is 0 Å². The third kappa shape index (κ3) is 3.44. The van der Waals surface area contributed by atoms with E-state index < -0.39 is 0 Å². The first-order chi connectivity index (χ1) is 17.8. The SMILES string of the molecule is C1=NC2=NC1=C1N=CC(=N1)N(c1ccccc1)c1cccc(c1)-c1cccc(c1)N2c1ccccc1. The number of guanidine groups is 1. The molecule has 0 saturated carbocycles. The molecule has 0 atom stereocenters. The maximum Gasteiger partial charge on any atom is 0.235 e. The van der Waals surface area contributed by atoms with Crippen molar-refractivity contribution in [1.82, 2.24) is 0 Å². The Morgan fingerprint density at radius 2 is 1.06 bits per heavy atom. The fraction of sp³-hybridized carbons (Fsp3) is 0. The summed E-state index contributed by atoms with van der Waals surface area (Å²) in [5.74, 6) is 1.84. The van der Waals surface area contributed by atoms with E-state index in [4.69, 9.17) is 9.98 Å². The fourth-order valence-corrected chi connectivity index (χ4v) is 4.61. The van der Waals surface area contributed by atoms with Crippen LogP contribution in [0.15, 0.2) is 141 Å². The molecule has 3 aliphatic rings. The summed E-state index contributed by atoms with van der Waals surface area (Å²) < 4.78 is 0. The lowest BCUT2D eigenvalue weighted by atomic mass is 10.0. The van der Waals surface area contributed by atoms with Crippen LogP contribution in [0.2, 0.25) is 0 Å². The summed E-state index contributed by atoms with van der Waals surface area (Å²) in [6.45, 7) is 0. The van der Waals surface area contributed by atoms with Crippen LogP contribution in [0.3, 0.4) is 0 Å². The molecule has 3 aliphatic heterocycles. The summed E-state index contributed by atoms with van der Waals surface area (Å²) in [5, 5.41) is 0. The monoisotopic (exact) mass is 464 g/mol. The predicted molar refractivity (Wildman–Crippen MR) is 148 cm³/mol. The quantitative estimate of drug-likeness (QED) is 0.330. The number of rotatable bonds is 2. The van der Waals surface area contributed by atoms with E-state index in [0.29, 0.717) is 17.5 Å². The highest BCUT2D eigenvalue weighted by molar-refractivity contribution is 6.39. The highest BCUT2D eigenvalue weighted by Gasteiger charge is 2.25. The molecular formula is C30H20N6. The third-order valence-electron chi connectivity index (χ3n) is 6.27. The minimum absolute atomic E-state index is 0.541. The Bertz CT molecular complexity index is 1510. The molecule has 3 heterocycles. The van der Waals surface area contributed by atoms with Gasteiger partial charge in [-0.05, 0) is 59.7 Å². The minimum Gasteiger partial charge on any atom is -0.294 e. The zero-order valence-electron chi connectivity index (χ0n) is 19.2. The second kappa shape index (κ2) is 8.29. The lowest BCUT2D eigenvalue weighted by Crippen LogP contribution is -2.25. The lowest BCUT2D eigenvalue weighted by Gasteiger charge is -2.25. The normalized spacial score (nSPS) is 15.7. The van der Waals surface area contributed by atoms with E-state index in [0.717, 1.165) is 39.7 Å². The summed E-state index contributed by atoms with van der Waals surface area (Å²) in [7, 11) is 0. The summed E-state index contributed by atoms with van der Waals surface area (Å²) in [6.07, 6.45) is 3.53. The predicted octanol–water partition coefficient (Wildman–Crippen LogP) is 6.74. The average molecular weight is 465 g/mol. The number of allylic oxidation sites excluding steroid dienone is 1. The molecule has 170 valence electrons. The van der Waals surface area contributed by atoms with Crippen LogP contribution < -0.4 is 9.80 Å². The molecule has 0 amide bonds. The Hall–Kier alpha value is -5.10. The van der Waals surface area contributed by atoms with Crippen LogP contribution >= 0.6 is 0 Å². The van der Waals surface area contributed by atoms with E-state index >= 15 is 0 Å². The lowest BCUT2D eigenvalue weighted by molar-refractivity contribution is 1.20. The van der Waals surface area contributed by atoms with Gasteiger partial charge in [0.05, 0.1) is 12.4 Å². The van der Waals surface area contributed by atoms with Gasteiger partial charge in [0, 0.05) is 22.7 Å². The van der Waals surface area contributed by atoms with Gasteiger partial charge in [-0.25, -0.2) is 20.0 Å². The number of anilines is 4. The van der Waals surface area contributed by atoms with E-state index in [1.807, 2.05) is 36.4 Å². The summed E-state index contributed by atoms with van der Waals surface area (Å²) >= 11 is 0. The van der Waals surface area contributed by atoms with E-state index in [1.54, 1.807) is 12.4 Å². The molecule has 8 bridgehead atoms. The standard InChI is InChI=1S/C30H20N6/c1-3-11-23(12-4-1)35-25-15-7-9-21(17-25)22-10-8-16-26(18-22)36(24-13-5-2-6-14-24)30-32-19-27(33-30)29-31-20-28(35)34-29/h1-20H. The number of aliphatic imine (C=N–C) groups is 4. The van der Waals surface area contributed by atoms with Gasteiger partial charge in [-0.15, -0.1) is 0 Å². The second-order valence-electron chi connectivity index (χ2n) is 8.55. The highest BCUT2D eigenvalue weighted by Crippen LogP contribution is 2.35. The number of benzene rings is 4. The van der Waals surface area contributed by atoms with Crippen molar-refractivity contribution in [2.75, 3.05) is 9.80 Å². The fourth-order valence-electron chi connectivity index (χ4n) is 4.61. The van der Waals surface area contributed by atoms with Gasteiger partial charge in [0.25, 0.3) is 0 Å². The molecule has 4 aromatic carbocycles. The molecule has 0 aliphatic carbocycles. The first kappa shape index (κ1) is 20.3. The van der Waals surface area contributed by atoms with Gasteiger partial charge in [-0.3, -0.25) is 9.80 Å². The number of amidine groups is 1. The summed E-state index contributed by atoms with van der Waals surface area (Å²) in [6, 6.07) is 37.3. The van der Waals surface area contributed by atoms with Crippen molar-refractivity contribution in [1.29, 1.82) is 0 Å². The van der Waals surface area contributed by atoms with Crippen LogP contribution in [0.1, 0.15) is 0 Å². The van der Waals surface area contributed by atoms with Crippen molar-refractivity contribution in [3.8, 4) is 11.1 Å². The molecule has 4 aromatic rings. The molecule has 0 fully saturated rings. The van der Waals surface area contributed by atoms with E-state index in [2.05, 4.69) is 92.6 Å². The Balaban J connectivity index is 1.49. The Labute approximate surface area is 208 Å². The van der Waals surface area contributed by atoms with Crippen molar-refractivity contribution in [3.05, 3.63) is 121 Å². The minimum atomic E-state index is 0.541. The van der Waals surface area contributed by atoms with Crippen LogP contribution in [0.4, 0.5) is 22.7 Å². The van der Waals surface area contributed by atoms with Crippen LogP contribution in [0, 0.1) is 0 Å². The number of nitrogens with zero attached hydrogens (tertiary/aromatic N) is 6. The Kier molecular flexibility index (Phi) is 4.67. The second-order valence-corrected chi connectivity index (χ2v) is 8.55. The van der Waals surface area contributed by atoms with Gasteiger partial charge >= 0.3 is 0 Å². The first-order valence-corrected chi connectivity index (χ1v) is 11.7. The molecular weight excluding hydrogens is 444 g/mol. The maximum absolute atomic E-state index is 4.88. The van der Waals surface area contributed by atoms with E-state index in [1.165, 1.54) is 0 Å². The summed E-state index contributed by atoms with van der Waals surface area (Å²) in [5.41, 5.74) is 6.79. The maximum atomic E-state index is 4.88. The number of fused-ring (bicyclic) bond motifs is 7. The summed E-state index contributed by atoms with van der Waals surface area (Å²) in [4.78, 5) is 23.2. The zero-order chi connectivity index (χ0) is 23.9. The van der Waals surface area contributed by atoms with Crippen LogP contribution in [-0.2, 0) is 0 Å². The van der Waals surface area contributed by atoms with Gasteiger partial charge in [0.15, 0.2) is 11.7 Å². The molecule has 0 aromatic heterocycles. The Morgan fingerprint density at radius 3 is 1.72 bits per heavy atom. The molecule has 6 nitrogen and oxygen atoms in total. The van der Waals surface area contributed by atoms with Crippen LogP contribution in [0.25, 0.3) is 11.1 Å². The van der Waals surface area contributed by atoms with Gasteiger partial charge in [0.2, 0.25) is 5.96 Å². The van der Waals surface area contributed by atoms with Gasteiger partial charge in [-0.2, -0.15) is 0 Å². The molecule has 0 N–H and O–H groups in total. The van der Waals surface area contributed by atoms with Gasteiger partial charge < -0.3 is 0 Å². The Morgan fingerprint density at radius 1 is 0.472 bits per heavy atom. The van der Waals surface area contributed by atoms with Crippen molar-refractivity contribution in [2.24, 2.45) is 20.0 Å². The van der Waals surface area contributed by atoms with Crippen molar-refractivity contribution in [2.45, 2.75) is 0 Å². The van der Waals surface area contributed by atoms with Crippen molar-refractivity contribution >= 4 is 47.0 Å². The smallest absolute Gasteiger partial charge is 0.235 e. The van der Waals surface area contributed by atoms with Crippen molar-refractivity contribution < 1.29 is 0 Å². The third-order valence-corrected chi connectivity index (χ3v) is 6.27. The van der Waals surface area contributed by atoms with Crippen LogP contribution in [-0.4, -0.2) is 24.2 Å². The molecule has 7 rings (SSSR count). The molecule has 6 heteroatoms. The van der Waals surface area contributed by atoms with Gasteiger partial charge in [0.1, 0.15) is 5.70 Å². The topological polar surface area (TPSA) is 55.9 Å². The average Bonchev–Trinajstić information content (AvgIpc) is 3.61. The van der Waals surface area contributed by atoms with Crippen molar-refractivity contribution in [3.63, 3.8) is 0 Å². The highest BCUT2D eigenvalue weighted by atomic mass is 15.3. The molecule has 0 saturated heterocycles. The zero-order valence-corrected chi connectivity index (χ0v) is 19.2. The number of hydrogen-bond acceptors (Lipinski definition) is 6. The van der Waals surface area contributed by atoms with Crippen LogP contribution in [0.5, 0.6) is 0 Å². The van der Waals surface area contributed by atoms with Gasteiger partial charge in [-0.1, -0.05) is 60.7 Å².